The van der Waals surface area contributed by atoms with Crippen molar-refractivity contribution in [2.24, 2.45) is 0 Å². The van der Waals surface area contributed by atoms with E-state index in [2.05, 4.69) is 20.3 Å². The highest BCUT2D eigenvalue weighted by Crippen LogP contribution is 2.36. The molecule has 40 heavy (non-hydrogen) atoms. The summed E-state index contributed by atoms with van der Waals surface area (Å²) in [4.78, 5) is 41.5. The van der Waals surface area contributed by atoms with Crippen LogP contribution in [0.1, 0.15) is 48.2 Å². The summed E-state index contributed by atoms with van der Waals surface area (Å²) < 4.78 is 62.5. The van der Waals surface area contributed by atoms with E-state index >= 15 is 0 Å². The third kappa shape index (κ3) is 5.76. The Kier molecular flexibility index (Phi) is 6.98. The number of carbonyl (C=O) groups excluding carboxylic acids is 2. The number of amides is 2. The predicted molar refractivity (Wildman–Crippen MR) is 138 cm³/mol. The van der Waals surface area contributed by atoms with Gasteiger partial charge in [-0.25, -0.2) is 18.4 Å². The van der Waals surface area contributed by atoms with Crippen LogP contribution in [0.4, 0.5) is 24.8 Å². The molecule has 1 N–H and O–H groups in total. The van der Waals surface area contributed by atoms with Crippen molar-refractivity contribution in [3.63, 3.8) is 0 Å². The fourth-order valence-corrected chi connectivity index (χ4v) is 5.26. The zero-order valence-corrected chi connectivity index (χ0v) is 22.3. The van der Waals surface area contributed by atoms with Gasteiger partial charge in [-0.3, -0.25) is 14.6 Å². The molecule has 3 aromatic rings. The molecule has 1 aromatic carbocycles. The fourth-order valence-electron chi connectivity index (χ4n) is 4.59. The number of aromatic nitrogens is 3. The summed E-state index contributed by atoms with van der Waals surface area (Å²) in [5.74, 6) is -0.515. The van der Waals surface area contributed by atoms with Gasteiger partial charge in [0.15, 0.2) is 9.84 Å². The highest BCUT2D eigenvalue weighted by molar-refractivity contribution is 7.90. The van der Waals surface area contributed by atoms with Gasteiger partial charge in [0.2, 0.25) is 11.9 Å². The zero-order valence-electron chi connectivity index (χ0n) is 21.5. The second-order valence-electron chi connectivity index (χ2n) is 9.84. The van der Waals surface area contributed by atoms with Crippen molar-refractivity contribution < 1.29 is 31.2 Å². The van der Waals surface area contributed by atoms with Gasteiger partial charge in [-0.1, -0.05) is 6.07 Å². The third-order valence-electron chi connectivity index (χ3n) is 6.78. The average Bonchev–Trinajstić information content (AvgIpc) is 3.65. The third-order valence-corrected chi connectivity index (χ3v) is 7.89. The lowest BCUT2D eigenvalue weighted by atomic mass is 10.0. The van der Waals surface area contributed by atoms with Gasteiger partial charge in [-0.2, -0.15) is 13.2 Å². The molecule has 1 aliphatic heterocycles. The minimum absolute atomic E-state index is 0.0931. The summed E-state index contributed by atoms with van der Waals surface area (Å²) >= 11 is 0. The number of sulfone groups is 1. The Morgan fingerprint density at radius 3 is 2.33 bits per heavy atom. The number of alkyl halides is 3. The number of benzene rings is 1. The standard InChI is InChI=1S/C26H25F3N6O4S/c1-15(36)34-13-16-9-21(40(2,38)39)7-8-22(16)23(34)24(37)33-19-11-31-25(32-12-19)35(20-5-6-20)14-18-4-3-17(10-30-18)26(27,28)29/h3-4,7-12,20,23H,5-6,13-14H2,1-2H3,(H,33,37)/t23-/m1/s1. The number of hydrogen-bond acceptors (Lipinski definition) is 8. The number of carbonyl (C=O) groups is 2. The van der Waals surface area contributed by atoms with Crippen LogP contribution in [-0.2, 0) is 38.7 Å². The Morgan fingerprint density at radius 2 is 1.77 bits per heavy atom. The number of fused-ring (bicyclic) bond motifs is 1. The Labute approximate surface area is 228 Å². The number of hydrogen-bond donors (Lipinski definition) is 1. The smallest absolute Gasteiger partial charge is 0.332 e. The first kappa shape index (κ1) is 27.5. The van der Waals surface area contributed by atoms with E-state index in [0.717, 1.165) is 31.4 Å². The van der Waals surface area contributed by atoms with Crippen molar-refractivity contribution in [3.8, 4) is 0 Å². The summed E-state index contributed by atoms with van der Waals surface area (Å²) in [7, 11) is -3.46. The number of nitrogens with one attached hydrogen (secondary N) is 1. The van der Waals surface area contributed by atoms with Crippen molar-refractivity contribution in [3.05, 3.63) is 71.3 Å². The van der Waals surface area contributed by atoms with E-state index in [1.54, 1.807) is 6.07 Å². The van der Waals surface area contributed by atoms with E-state index in [1.165, 1.54) is 42.4 Å². The van der Waals surface area contributed by atoms with Gasteiger partial charge in [0, 0.05) is 32.0 Å². The number of anilines is 2. The second kappa shape index (κ2) is 10.2. The SMILES string of the molecule is CC(=O)N1Cc2cc(S(C)(=O)=O)ccc2[C@@H]1C(=O)Nc1cnc(N(Cc2ccc(C(F)(F)F)cn2)C2CC2)nc1. The molecule has 3 heterocycles. The van der Waals surface area contributed by atoms with Crippen LogP contribution in [0.25, 0.3) is 0 Å². The lowest BCUT2D eigenvalue weighted by molar-refractivity contribution is -0.137. The molecule has 1 fully saturated rings. The summed E-state index contributed by atoms with van der Waals surface area (Å²) in [6.45, 7) is 1.64. The topological polar surface area (TPSA) is 125 Å². The molecule has 2 amide bonds. The molecule has 1 aliphatic carbocycles. The van der Waals surface area contributed by atoms with Gasteiger partial charge in [0.25, 0.3) is 5.91 Å². The Bertz CT molecular complexity index is 1560. The van der Waals surface area contributed by atoms with Gasteiger partial charge >= 0.3 is 6.18 Å². The number of halogens is 3. The van der Waals surface area contributed by atoms with Crippen molar-refractivity contribution in [1.29, 1.82) is 0 Å². The molecule has 2 aliphatic rings. The van der Waals surface area contributed by atoms with Crippen molar-refractivity contribution in [2.75, 3.05) is 16.5 Å². The predicted octanol–water partition coefficient (Wildman–Crippen LogP) is 3.50. The second-order valence-corrected chi connectivity index (χ2v) is 11.9. The molecule has 0 radical (unpaired) electrons. The van der Waals surface area contributed by atoms with Crippen LogP contribution in [-0.4, -0.2) is 52.4 Å². The van der Waals surface area contributed by atoms with Crippen LogP contribution in [0.5, 0.6) is 0 Å². The molecular formula is C26H25F3N6O4S. The quantitative estimate of drug-likeness (QED) is 0.455. The Hall–Kier alpha value is -4.07. The normalized spacial score (nSPS) is 16.9. The number of pyridine rings is 1. The van der Waals surface area contributed by atoms with Crippen molar-refractivity contribution in [2.45, 2.75) is 56.0 Å². The first-order valence-electron chi connectivity index (χ1n) is 12.3. The van der Waals surface area contributed by atoms with Crippen LogP contribution in [0.3, 0.4) is 0 Å². The molecule has 1 saturated carbocycles. The van der Waals surface area contributed by atoms with Crippen LogP contribution in [0.2, 0.25) is 0 Å². The number of nitrogens with zero attached hydrogens (tertiary/aromatic N) is 5. The molecule has 1 atom stereocenters. The Morgan fingerprint density at radius 1 is 1.07 bits per heavy atom. The molecule has 210 valence electrons. The van der Waals surface area contributed by atoms with Gasteiger partial charge < -0.3 is 15.1 Å². The van der Waals surface area contributed by atoms with Crippen LogP contribution >= 0.6 is 0 Å². The minimum atomic E-state index is -4.47. The van der Waals surface area contributed by atoms with Crippen LogP contribution < -0.4 is 10.2 Å². The van der Waals surface area contributed by atoms with Crippen molar-refractivity contribution in [1.82, 2.24) is 19.9 Å². The largest absolute Gasteiger partial charge is 0.417 e. The summed E-state index contributed by atoms with van der Waals surface area (Å²) in [6.07, 6.45) is 2.01. The average molecular weight is 575 g/mol. The van der Waals surface area contributed by atoms with Gasteiger partial charge in [0.1, 0.15) is 6.04 Å². The maximum Gasteiger partial charge on any atom is 0.417 e. The molecule has 2 aromatic heterocycles. The molecule has 14 heteroatoms. The monoisotopic (exact) mass is 574 g/mol. The summed E-state index contributed by atoms with van der Waals surface area (Å²) in [5, 5.41) is 2.72. The minimum Gasteiger partial charge on any atom is -0.332 e. The van der Waals surface area contributed by atoms with Crippen molar-refractivity contribution >= 4 is 33.3 Å². The van der Waals surface area contributed by atoms with E-state index in [1.807, 2.05) is 4.90 Å². The lowest BCUT2D eigenvalue weighted by Gasteiger charge is -2.24. The first-order valence-corrected chi connectivity index (χ1v) is 14.2. The Balaban J connectivity index is 1.32. The van der Waals surface area contributed by atoms with Crippen LogP contribution in [0.15, 0.2) is 53.8 Å². The first-order chi connectivity index (χ1) is 18.8. The summed E-state index contributed by atoms with van der Waals surface area (Å²) in [6, 6.07) is 5.90. The van der Waals surface area contributed by atoms with Gasteiger partial charge in [0.05, 0.1) is 40.8 Å². The maximum atomic E-state index is 13.3. The van der Waals surface area contributed by atoms with Gasteiger partial charge in [-0.05, 0) is 48.2 Å². The highest BCUT2D eigenvalue weighted by Gasteiger charge is 2.38. The molecule has 5 rings (SSSR count). The zero-order chi connectivity index (χ0) is 28.8. The van der Waals surface area contributed by atoms with Gasteiger partial charge in [-0.15, -0.1) is 0 Å². The number of rotatable bonds is 7. The molecular weight excluding hydrogens is 549 g/mol. The fraction of sp³-hybridized carbons (Fsp3) is 0.346. The van der Waals surface area contributed by atoms with E-state index < -0.39 is 33.5 Å². The molecule has 10 nitrogen and oxygen atoms in total. The van der Waals surface area contributed by atoms with Crippen LogP contribution in [0, 0.1) is 0 Å². The maximum absolute atomic E-state index is 13.3. The van der Waals surface area contributed by atoms with E-state index in [-0.39, 0.29) is 35.6 Å². The summed E-state index contributed by atoms with van der Waals surface area (Å²) in [5.41, 5.74) is 0.990. The molecule has 0 unspecified atom stereocenters. The molecule has 0 bridgehead atoms. The molecule has 0 spiro atoms. The lowest BCUT2D eigenvalue weighted by Crippen LogP contribution is -2.35. The van der Waals surface area contributed by atoms with E-state index in [9.17, 15) is 31.2 Å². The van der Waals surface area contributed by atoms with E-state index in [0.29, 0.717) is 22.8 Å². The van der Waals surface area contributed by atoms with E-state index in [4.69, 9.17) is 0 Å². The molecule has 0 saturated heterocycles. The highest BCUT2D eigenvalue weighted by atomic mass is 32.2.